The number of anilines is 1. The number of imidazole rings is 1. The summed E-state index contributed by atoms with van der Waals surface area (Å²) in [5, 5.41) is 26.8. The van der Waals surface area contributed by atoms with Gasteiger partial charge in [0.05, 0.1) is 114 Å². The highest BCUT2D eigenvalue weighted by molar-refractivity contribution is 8.00. The van der Waals surface area contributed by atoms with Crippen LogP contribution in [0, 0.1) is 0 Å². The van der Waals surface area contributed by atoms with Crippen molar-refractivity contribution < 1.29 is 76.7 Å². The number of nitrogens with two attached hydrogens (primary N) is 3. The van der Waals surface area contributed by atoms with E-state index in [9.17, 15) is 48.3 Å². The lowest BCUT2D eigenvalue weighted by atomic mass is 10.0. The number of hydrogen-bond donors (Lipinski definition) is 11. The van der Waals surface area contributed by atoms with Gasteiger partial charge in [0.15, 0.2) is 5.82 Å². The minimum absolute atomic E-state index is 0.0182. The minimum Gasteiger partial charge on any atom is -0.481 e. The number of carboxylic acid groups (broad SMARTS) is 1. The summed E-state index contributed by atoms with van der Waals surface area (Å²) in [4.78, 5) is 119. The number of nitrogens with zero attached hydrogens (tertiary/aromatic N) is 3. The van der Waals surface area contributed by atoms with Crippen molar-refractivity contribution in [1.29, 1.82) is 0 Å². The largest absolute Gasteiger partial charge is 0.481 e. The van der Waals surface area contributed by atoms with Crippen molar-refractivity contribution in [2.45, 2.75) is 89.5 Å². The second-order valence-corrected chi connectivity index (χ2v) is 20.0. The zero-order chi connectivity index (χ0) is 59.1. The number of carbonyl (C=O) groups is 9. The molecular weight excluding hydrogens is 1070 g/mol. The van der Waals surface area contributed by atoms with Crippen LogP contribution in [0.2, 0.25) is 0 Å². The predicted molar refractivity (Wildman–Crippen MR) is 293 cm³/mol. The zero-order valence-corrected chi connectivity index (χ0v) is 46.9. The third kappa shape index (κ3) is 25.5. The Kier molecular flexibility index (Phi) is 30.1. The van der Waals surface area contributed by atoms with Gasteiger partial charge in [0, 0.05) is 50.2 Å². The monoisotopic (exact) mass is 1150 g/mol. The topological polar surface area (TPSA) is 422 Å². The lowest BCUT2D eigenvalue weighted by molar-refractivity contribution is -0.138. The van der Waals surface area contributed by atoms with E-state index in [-0.39, 0.29) is 124 Å². The van der Waals surface area contributed by atoms with Crippen molar-refractivity contribution in [1.82, 2.24) is 51.8 Å². The number of primary amides is 1. The lowest BCUT2D eigenvalue weighted by Crippen LogP contribution is -2.55. The molecule has 2 unspecified atom stereocenters. The van der Waals surface area contributed by atoms with Crippen molar-refractivity contribution in [2.24, 2.45) is 11.5 Å². The number of hydrogen-bond acceptors (Lipinski definition) is 20. The molecule has 0 bridgehead atoms. The van der Waals surface area contributed by atoms with Gasteiger partial charge in [0.1, 0.15) is 29.5 Å². The van der Waals surface area contributed by atoms with Crippen molar-refractivity contribution >= 4 is 92.7 Å². The Bertz CT molecular complexity index is 2530. The van der Waals surface area contributed by atoms with Crippen LogP contribution in [-0.2, 0) is 84.7 Å². The fraction of sp³-hybridized carbons (Fsp3) is 0.620. The maximum Gasteiger partial charge on any atom is 0.305 e. The second-order valence-electron chi connectivity index (χ2n) is 18.8. The molecule has 8 amide bonds. The molecule has 3 rings (SSSR count). The third-order valence-corrected chi connectivity index (χ3v) is 12.6. The number of fused-ring (bicyclic) bond motifs is 3. The van der Waals surface area contributed by atoms with E-state index in [0.717, 1.165) is 28.2 Å². The van der Waals surface area contributed by atoms with Crippen molar-refractivity contribution in [3.63, 3.8) is 0 Å². The molecule has 0 radical (unpaired) electrons. The highest BCUT2D eigenvalue weighted by Gasteiger charge is 2.31. The summed E-state index contributed by atoms with van der Waals surface area (Å²) in [6.45, 7) is 10.9. The maximum absolute atomic E-state index is 13.2. The Morgan fingerprint density at radius 3 is 1.96 bits per heavy atom. The van der Waals surface area contributed by atoms with E-state index in [4.69, 9.17) is 50.6 Å². The molecule has 30 heteroatoms. The molecule has 446 valence electrons. The second kappa shape index (κ2) is 35.7. The van der Waals surface area contributed by atoms with Gasteiger partial charge in [-0.25, -0.2) is 9.97 Å². The number of amides is 8. The van der Waals surface area contributed by atoms with E-state index in [1.807, 2.05) is 49.6 Å². The van der Waals surface area contributed by atoms with Crippen LogP contribution in [-0.4, -0.2) is 206 Å². The van der Waals surface area contributed by atoms with E-state index in [1.165, 1.54) is 13.8 Å². The van der Waals surface area contributed by atoms with Crippen LogP contribution in [0.4, 0.5) is 5.82 Å². The standard InChI is InChI=1S/C50H79N13O16S/c1-6-74-29-36-61-43-44(32-9-7-8-10-33(32)60-45(43)52)63(36)31-49(2,3)79-18-15-56-48(73)50(4,5)62-38(65)11-13-55-47(72)35(25-42(69)70)80-30-34(46(53)71)59-37(64)12-16-75-19-21-77-23-24-78-22-20-76-17-14-54-40(67)27-58-41(68)28-57-39(66)26-51/h7-10,34-35H,6,11-31,51H2,1-5H3,(H2,52,60)(H2,53,71)(H,54,67)(H,55,72)(H,56,73)(H,57,66)(H,58,68)(H,59,64)(H,62,65)(H,69,70). The molecule has 2 atom stereocenters. The number of pyridine rings is 1. The molecular formula is C50H79N13O16S. The van der Waals surface area contributed by atoms with Crippen LogP contribution in [0.3, 0.4) is 0 Å². The molecule has 0 aliphatic heterocycles. The molecule has 0 saturated carbocycles. The summed E-state index contributed by atoms with van der Waals surface area (Å²) in [5.41, 5.74) is 16.9. The van der Waals surface area contributed by atoms with E-state index in [1.54, 1.807) is 0 Å². The van der Waals surface area contributed by atoms with E-state index in [2.05, 4.69) is 42.2 Å². The summed E-state index contributed by atoms with van der Waals surface area (Å²) < 4.78 is 35.6. The number of nitrogen functional groups attached to an aromatic ring is 1. The molecule has 0 spiro atoms. The zero-order valence-electron chi connectivity index (χ0n) is 46.1. The molecule has 0 aliphatic rings. The van der Waals surface area contributed by atoms with Crippen LogP contribution < -0.4 is 54.4 Å². The van der Waals surface area contributed by atoms with Gasteiger partial charge in [-0.2, -0.15) is 0 Å². The number of benzene rings is 1. The van der Waals surface area contributed by atoms with Crippen LogP contribution in [0.1, 0.15) is 59.7 Å². The first-order chi connectivity index (χ1) is 38.1. The van der Waals surface area contributed by atoms with Crippen molar-refractivity contribution in [2.75, 3.05) is 117 Å². The average Bonchev–Trinajstić information content (AvgIpc) is 3.76. The highest BCUT2D eigenvalue weighted by atomic mass is 32.2. The smallest absolute Gasteiger partial charge is 0.305 e. The number of rotatable bonds is 42. The van der Waals surface area contributed by atoms with Gasteiger partial charge in [-0.05, 0) is 40.7 Å². The lowest BCUT2D eigenvalue weighted by Gasteiger charge is -2.28. The van der Waals surface area contributed by atoms with Gasteiger partial charge in [-0.3, -0.25) is 43.2 Å². The molecule has 0 saturated heterocycles. The summed E-state index contributed by atoms with van der Waals surface area (Å²) >= 11 is 0.790. The molecule has 2 aromatic heterocycles. The van der Waals surface area contributed by atoms with Crippen LogP contribution in [0.5, 0.6) is 0 Å². The number of aromatic nitrogens is 3. The van der Waals surface area contributed by atoms with Gasteiger partial charge >= 0.3 is 5.97 Å². The fourth-order valence-electron chi connectivity index (χ4n) is 7.20. The normalized spacial score (nSPS) is 12.3. The number of aliphatic carboxylic acids is 1. The summed E-state index contributed by atoms with van der Waals surface area (Å²) in [6.07, 6.45) is -1.03. The first-order valence-corrected chi connectivity index (χ1v) is 27.0. The van der Waals surface area contributed by atoms with Gasteiger partial charge in [-0.1, -0.05) is 18.2 Å². The number of ether oxygens (including phenoxy) is 6. The van der Waals surface area contributed by atoms with E-state index < -0.39 is 82.1 Å². The number of carboxylic acids is 1. The van der Waals surface area contributed by atoms with Crippen LogP contribution in [0.15, 0.2) is 24.3 Å². The minimum atomic E-state index is -1.37. The molecule has 29 nitrogen and oxygen atoms in total. The van der Waals surface area contributed by atoms with Gasteiger partial charge in [-0.15, -0.1) is 11.8 Å². The first kappa shape index (κ1) is 67.5. The Labute approximate surface area is 467 Å². The molecule has 0 aliphatic carbocycles. The first-order valence-electron chi connectivity index (χ1n) is 25.9. The Morgan fingerprint density at radius 2 is 1.32 bits per heavy atom. The highest BCUT2D eigenvalue weighted by Crippen LogP contribution is 2.31. The molecule has 0 fully saturated rings. The molecule has 3 aromatic rings. The fourth-order valence-corrected chi connectivity index (χ4v) is 8.37. The number of para-hydroxylation sites is 1. The van der Waals surface area contributed by atoms with Gasteiger partial charge in [0.25, 0.3) is 0 Å². The van der Waals surface area contributed by atoms with Gasteiger partial charge in [0.2, 0.25) is 47.3 Å². The average molecular weight is 1150 g/mol. The summed E-state index contributed by atoms with van der Waals surface area (Å²) in [6, 6.07) is 6.39. The maximum atomic E-state index is 13.2. The van der Waals surface area contributed by atoms with Crippen LogP contribution >= 0.6 is 11.8 Å². The molecule has 14 N–H and O–H groups in total. The summed E-state index contributed by atoms with van der Waals surface area (Å²) in [5.74, 6) is -5.31. The number of thioether (sulfide) groups is 1. The third-order valence-electron chi connectivity index (χ3n) is 11.2. The summed E-state index contributed by atoms with van der Waals surface area (Å²) in [7, 11) is 0. The van der Waals surface area contributed by atoms with Crippen molar-refractivity contribution in [3.8, 4) is 0 Å². The molecule has 2 heterocycles. The van der Waals surface area contributed by atoms with E-state index in [0.29, 0.717) is 30.3 Å². The Balaban J connectivity index is 1.28. The predicted octanol–water partition coefficient (Wildman–Crippen LogP) is -2.67. The van der Waals surface area contributed by atoms with Crippen molar-refractivity contribution in [3.05, 3.63) is 30.1 Å². The van der Waals surface area contributed by atoms with Crippen LogP contribution in [0.25, 0.3) is 21.9 Å². The Hall–Kier alpha value is -6.80. The quantitative estimate of drug-likeness (QED) is 0.0258. The van der Waals surface area contributed by atoms with E-state index >= 15 is 0 Å². The number of nitrogens with one attached hydrogen (secondary N) is 7. The number of carbonyl (C=O) groups excluding carboxylic acids is 8. The Morgan fingerprint density at radius 1 is 0.713 bits per heavy atom. The SMILES string of the molecule is CCOCc1nc2c(N)nc3ccccc3c2n1CC(C)(C)OCCNC(=O)C(C)(C)NC(=O)CCNC(=O)C(CC(=O)O)SCC(NC(=O)CCOCCOCCOCCOCCNC(=O)CNC(=O)CNC(=O)CN)C(N)=O. The molecule has 1 aromatic carbocycles. The van der Waals surface area contributed by atoms with Gasteiger partial charge < -0.3 is 92.5 Å². The molecule has 80 heavy (non-hydrogen) atoms.